The van der Waals surface area contributed by atoms with Crippen molar-refractivity contribution in [2.24, 2.45) is 0 Å². The van der Waals surface area contributed by atoms with E-state index in [4.69, 9.17) is 0 Å². The van der Waals surface area contributed by atoms with Gasteiger partial charge >= 0.3 is 0 Å². The fraction of sp³-hybridized carbons (Fsp3) is 0.214. The molecule has 6 heteroatoms. The van der Waals surface area contributed by atoms with Crippen LogP contribution >= 0.6 is 15.9 Å². The third-order valence-electron chi connectivity index (χ3n) is 3.04. The second-order valence-electron chi connectivity index (χ2n) is 4.54. The molecule has 2 aromatic rings. The molecule has 0 aliphatic rings. The quantitative estimate of drug-likeness (QED) is 0.677. The minimum Gasteiger partial charge on any atom is -0.366 e. The average molecular weight is 336 g/mol. The Morgan fingerprint density at radius 3 is 2.65 bits per heavy atom. The van der Waals surface area contributed by atoms with Crippen molar-refractivity contribution in [2.75, 3.05) is 5.32 Å². The molecule has 0 aliphatic heterocycles. The summed E-state index contributed by atoms with van der Waals surface area (Å²) in [5.41, 5.74) is 2.96. The minimum absolute atomic E-state index is 0.0374. The number of benzene rings is 1. The minimum atomic E-state index is -0.426. The van der Waals surface area contributed by atoms with Crippen LogP contribution in [0.3, 0.4) is 0 Å². The number of hydrogen-bond acceptors (Lipinski definition) is 4. The zero-order valence-corrected chi connectivity index (χ0v) is 12.8. The van der Waals surface area contributed by atoms with Crippen LogP contribution in [0.1, 0.15) is 16.7 Å². The first-order chi connectivity index (χ1) is 9.47. The van der Waals surface area contributed by atoms with E-state index in [0.29, 0.717) is 17.9 Å². The fourth-order valence-electron chi connectivity index (χ4n) is 1.88. The van der Waals surface area contributed by atoms with Gasteiger partial charge in [-0.1, -0.05) is 22.0 Å². The standard InChI is InChI=1S/C14H14BrN3O2/c1-9-5-12(15)4-3-11(9)7-16-14-6-10(2)13(8-17-14)18(19)20/h3-6,8H,7H2,1-2H3,(H,16,17). The molecule has 0 aliphatic carbocycles. The van der Waals surface area contributed by atoms with Gasteiger partial charge in [-0.2, -0.15) is 0 Å². The zero-order chi connectivity index (χ0) is 14.7. The normalized spacial score (nSPS) is 10.3. The molecule has 2 rings (SSSR count). The van der Waals surface area contributed by atoms with Crippen molar-refractivity contribution in [3.05, 3.63) is 61.7 Å². The van der Waals surface area contributed by atoms with E-state index in [1.807, 2.05) is 25.1 Å². The van der Waals surface area contributed by atoms with Crippen molar-refractivity contribution < 1.29 is 4.92 Å². The highest BCUT2D eigenvalue weighted by Crippen LogP contribution is 2.20. The molecule has 104 valence electrons. The van der Waals surface area contributed by atoms with Gasteiger partial charge in [-0.25, -0.2) is 4.98 Å². The lowest BCUT2D eigenvalue weighted by atomic mass is 10.1. The van der Waals surface area contributed by atoms with E-state index in [9.17, 15) is 10.1 Å². The lowest BCUT2D eigenvalue weighted by molar-refractivity contribution is -0.385. The van der Waals surface area contributed by atoms with Gasteiger partial charge in [0.1, 0.15) is 12.0 Å². The van der Waals surface area contributed by atoms with Crippen LogP contribution in [0.2, 0.25) is 0 Å². The van der Waals surface area contributed by atoms with Crippen LogP contribution in [-0.4, -0.2) is 9.91 Å². The molecule has 0 amide bonds. The lowest BCUT2D eigenvalue weighted by Gasteiger charge is -2.09. The van der Waals surface area contributed by atoms with Crippen molar-refractivity contribution in [1.82, 2.24) is 4.98 Å². The van der Waals surface area contributed by atoms with Crippen LogP contribution in [0.4, 0.5) is 11.5 Å². The second kappa shape index (κ2) is 6.00. The number of aromatic nitrogens is 1. The number of aryl methyl sites for hydroxylation is 2. The number of hydrogen-bond donors (Lipinski definition) is 1. The summed E-state index contributed by atoms with van der Waals surface area (Å²) in [4.78, 5) is 14.4. The van der Waals surface area contributed by atoms with Crippen molar-refractivity contribution in [3.63, 3.8) is 0 Å². The highest BCUT2D eigenvalue weighted by atomic mass is 79.9. The Morgan fingerprint density at radius 2 is 2.05 bits per heavy atom. The molecular weight excluding hydrogens is 322 g/mol. The Labute approximate surface area is 125 Å². The molecule has 1 heterocycles. The molecule has 0 bridgehead atoms. The molecule has 0 atom stereocenters. The van der Waals surface area contributed by atoms with Crippen LogP contribution < -0.4 is 5.32 Å². The van der Waals surface area contributed by atoms with Crippen LogP contribution in [0.15, 0.2) is 34.9 Å². The Bertz CT molecular complexity index is 659. The van der Waals surface area contributed by atoms with Crippen molar-refractivity contribution >= 4 is 27.4 Å². The smallest absolute Gasteiger partial charge is 0.290 e. The maximum Gasteiger partial charge on any atom is 0.290 e. The van der Waals surface area contributed by atoms with Gasteiger partial charge in [-0.05, 0) is 43.2 Å². The summed E-state index contributed by atoms with van der Waals surface area (Å²) in [6.45, 7) is 4.37. The number of rotatable bonds is 4. The molecule has 1 aromatic heterocycles. The van der Waals surface area contributed by atoms with E-state index >= 15 is 0 Å². The predicted molar refractivity (Wildman–Crippen MR) is 81.8 cm³/mol. The first kappa shape index (κ1) is 14.5. The summed E-state index contributed by atoms with van der Waals surface area (Å²) < 4.78 is 1.04. The number of anilines is 1. The molecule has 0 unspecified atom stereocenters. The molecule has 0 radical (unpaired) electrons. The maximum atomic E-state index is 10.7. The van der Waals surface area contributed by atoms with Gasteiger partial charge < -0.3 is 5.32 Å². The summed E-state index contributed by atoms with van der Waals surface area (Å²) >= 11 is 3.43. The van der Waals surface area contributed by atoms with E-state index in [2.05, 4.69) is 26.2 Å². The summed E-state index contributed by atoms with van der Waals surface area (Å²) in [6, 6.07) is 7.75. The summed E-state index contributed by atoms with van der Waals surface area (Å²) in [5.74, 6) is 0.635. The molecule has 1 N–H and O–H groups in total. The van der Waals surface area contributed by atoms with Crippen LogP contribution in [0, 0.1) is 24.0 Å². The number of nitrogens with zero attached hydrogens (tertiary/aromatic N) is 2. The van der Waals surface area contributed by atoms with Crippen LogP contribution in [0.5, 0.6) is 0 Å². The van der Waals surface area contributed by atoms with E-state index < -0.39 is 4.92 Å². The van der Waals surface area contributed by atoms with Gasteiger partial charge in [0.15, 0.2) is 0 Å². The van der Waals surface area contributed by atoms with E-state index in [0.717, 1.165) is 10.0 Å². The fourth-order valence-corrected chi connectivity index (χ4v) is 2.36. The molecule has 20 heavy (non-hydrogen) atoms. The molecule has 5 nitrogen and oxygen atoms in total. The highest BCUT2D eigenvalue weighted by Gasteiger charge is 2.11. The van der Waals surface area contributed by atoms with Crippen LogP contribution in [-0.2, 0) is 6.54 Å². The summed E-state index contributed by atoms with van der Waals surface area (Å²) in [6.07, 6.45) is 1.28. The second-order valence-corrected chi connectivity index (χ2v) is 5.45. The molecular formula is C14H14BrN3O2. The van der Waals surface area contributed by atoms with Gasteiger partial charge in [0, 0.05) is 16.6 Å². The first-order valence-electron chi connectivity index (χ1n) is 6.07. The van der Waals surface area contributed by atoms with Crippen molar-refractivity contribution in [2.45, 2.75) is 20.4 Å². The molecule has 0 saturated carbocycles. The van der Waals surface area contributed by atoms with Gasteiger partial charge in [0.2, 0.25) is 0 Å². The third-order valence-corrected chi connectivity index (χ3v) is 3.54. The number of halogens is 1. The number of pyridine rings is 1. The predicted octanol–water partition coefficient (Wildman–Crippen LogP) is 3.98. The Hall–Kier alpha value is -1.95. The van der Waals surface area contributed by atoms with Crippen molar-refractivity contribution in [3.8, 4) is 0 Å². The zero-order valence-electron chi connectivity index (χ0n) is 11.2. The SMILES string of the molecule is Cc1cc(Br)ccc1CNc1cc(C)c([N+](=O)[O-])cn1. The Kier molecular flexibility index (Phi) is 4.34. The molecule has 0 spiro atoms. The highest BCUT2D eigenvalue weighted by molar-refractivity contribution is 9.10. The Morgan fingerprint density at radius 1 is 1.30 bits per heavy atom. The van der Waals surface area contributed by atoms with Gasteiger partial charge in [-0.3, -0.25) is 10.1 Å². The Balaban J connectivity index is 2.11. The van der Waals surface area contributed by atoms with Gasteiger partial charge in [0.25, 0.3) is 5.69 Å². The van der Waals surface area contributed by atoms with E-state index in [1.165, 1.54) is 11.8 Å². The summed E-state index contributed by atoms with van der Waals surface area (Å²) in [7, 11) is 0. The lowest BCUT2D eigenvalue weighted by Crippen LogP contribution is -2.04. The third kappa shape index (κ3) is 3.33. The van der Waals surface area contributed by atoms with Crippen molar-refractivity contribution in [1.29, 1.82) is 0 Å². The van der Waals surface area contributed by atoms with E-state index in [1.54, 1.807) is 13.0 Å². The average Bonchev–Trinajstić information content (AvgIpc) is 2.37. The van der Waals surface area contributed by atoms with Gasteiger partial charge in [0.05, 0.1) is 4.92 Å². The topological polar surface area (TPSA) is 68.1 Å². The van der Waals surface area contributed by atoms with Crippen LogP contribution in [0.25, 0.3) is 0 Å². The number of nitro groups is 1. The number of nitrogens with one attached hydrogen (secondary N) is 1. The molecule has 1 aromatic carbocycles. The monoisotopic (exact) mass is 335 g/mol. The molecule has 0 saturated heterocycles. The first-order valence-corrected chi connectivity index (χ1v) is 6.86. The molecule has 0 fully saturated rings. The van der Waals surface area contributed by atoms with Gasteiger partial charge in [-0.15, -0.1) is 0 Å². The maximum absolute atomic E-state index is 10.7. The summed E-state index contributed by atoms with van der Waals surface area (Å²) in [5, 5.41) is 13.9. The largest absolute Gasteiger partial charge is 0.366 e. The van der Waals surface area contributed by atoms with E-state index in [-0.39, 0.29) is 5.69 Å².